The van der Waals surface area contributed by atoms with Crippen molar-refractivity contribution in [3.8, 4) is 0 Å². The topological polar surface area (TPSA) is 41.1 Å². The van der Waals surface area contributed by atoms with Gasteiger partial charge in [-0.2, -0.15) is 4.98 Å². The Kier molecular flexibility index (Phi) is 4.78. The number of nitrogens with one attached hydrogen (secondary N) is 1. The smallest absolute Gasteiger partial charge is 0.224 e. The molecule has 0 aliphatic heterocycles. The molecule has 0 saturated heterocycles. The highest BCUT2D eigenvalue weighted by Gasteiger charge is 2.10. The van der Waals surface area contributed by atoms with Crippen molar-refractivity contribution in [1.82, 2.24) is 9.97 Å². The Morgan fingerprint density at radius 2 is 1.86 bits per heavy atom. The van der Waals surface area contributed by atoms with E-state index in [0.717, 1.165) is 24.5 Å². The van der Waals surface area contributed by atoms with Gasteiger partial charge in [0.2, 0.25) is 5.95 Å². The maximum absolute atomic E-state index is 4.61. The molecule has 0 aliphatic carbocycles. The van der Waals surface area contributed by atoms with Gasteiger partial charge in [0, 0.05) is 31.0 Å². The Balaban J connectivity index is 2.33. The number of benzene rings is 1. The summed E-state index contributed by atoms with van der Waals surface area (Å²) >= 11 is 0. The van der Waals surface area contributed by atoms with Gasteiger partial charge in [-0.15, -0.1) is 0 Å². The molecule has 2 aromatic rings. The van der Waals surface area contributed by atoms with Crippen LogP contribution in [0, 0.1) is 20.8 Å². The van der Waals surface area contributed by atoms with Crippen LogP contribution in [-0.4, -0.2) is 23.6 Å². The minimum atomic E-state index is 0.698. The normalized spacial score (nSPS) is 10.5. The largest absolute Gasteiger partial charge is 0.354 e. The summed E-state index contributed by atoms with van der Waals surface area (Å²) in [4.78, 5) is 11.2. The van der Waals surface area contributed by atoms with E-state index >= 15 is 0 Å². The third-order valence-corrected chi connectivity index (χ3v) is 3.43. The first-order chi connectivity index (χ1) is 10.0. The molecule has 1 aromatic carbocycles. The summed E-state index contributed by atoms with van der Waals surface area (Å²) in [6.45, 7) is 9.25. The molecule has 0 fully saturated rings. The molecule has 0 unspecified atom stereocenters. The number of anilines is 3. The highest BCUT2D eigenvalue weighted by Crippen LogP contribution is 2.27. The lowest BCUT2D eigenvalue weighted by Gasteiger charge is -2.21. The van der Waals surface area contributed by atoms with Crippen LogP contribution in [0.2, 0.25) is 0 Å². The minimum absolute atomic E-state index is 0.698. The van der Waals surface area contributed by atoms with E-state index in [9.17, 15) is 0 Å². The molecule has 1 aromatic heterocycles. The third kappa shape index (κ3) is 3.72. The third-order valence-electron chi connectivity index (χ3n) is 3.43. The fraction of sp³-hybridized carbons (Fsp3) is 0.412. The van der Waals surface area contributed by atoms with E-state index < -0.39 is 0 Å². The van der Waals surface area contributed by atoms with Gasteiger partial charge in [-0.3, -0.25) is 0 Å². The first-order valence-corrected chi connectivity index (χ1v) is 7.41. The zero-order valence-corrected chi connectivity index (χ0v) is 13.6. The maximum Gasteiger partial charge on any atom is 0.224 e. The Labute approximate surface area is 127 Å². The van der Waals surface area contributed by atoms with E-state index in [2.05, 4.69) is 59.2 Å². The Morgan fingerprint density at radius 1 is 1.10 bits per heavy atom. The molecule has 0 amide bonds. The van der Waals surface area contributed by atoms with E-state index in [1.165, 1.54) is 16.8 Å². The molecule has 21 heavy (non-hydrogen) atoms. The number of aromatic nitrogens is 2. The average molecular weight is 284 g/mol. The van der Waals surface area contributed by atoms with Crippen molar-refractivity contribution in [1.29, 1.82) is 0 Å². The van der Waals surface area contributed by atoms with E-state index in [1.54, 1.807) is 0 Å². The number of hydrogen-bond donors (Lipinski definition) is 1. The van der Waals surface area contributed by atoms with Gasteiger partial charge >= 0.3 is 0 Å². The van der Waals surface area contributed by atoms with Gasteiger partial charge in [0.15, 0.2) is 0 Å². The van der Waals surface area contributed by atoms with Gasteiger partial charge in [-0.1, -0.05) is 24.6 Å². The number of nitrogens with zero attached hydrogens (tertiary/aromatic N) is 3. The fourth-order valence-corrected chi connectivity index (χ4v) is 2.34. The number of hydrogen-bond acceptors (Lipinski definition) is 4. The molecule has 1 N–H and O–H groups in total. The summed E-state index contributed by atoms with van der Waals surface area (Å²) in [7, 11) is 2.04. The lowest BCUT2D eigenvalue weighted by atomic mass is 10.1. The van der Waals surface area contributed by atoms with Gasteiger partial charge in [0.05, 0.1) is 0 Å². The summed E-state index contributed by atoms with van der Waals surface area (Å²) in [6, 6.07) is 8.47. The standard InChI is InChI=1S/C17H24N4/c1-6-9-18-17-19-14(4)11-16(20-17)21(5)15-8-7-12(2)10-13(15)3/h7-8,10-11H,6,9H2,1-5H3,(H,18,19,20). The quantitative estimate of drug-likeness (QED) is 0.901. The summed E-state index contributed by atoms with van der Waals surface area (Å²) in [5, 5.41) is 3.26. The fourth-order valence-electron chi connectivity index (χ4n) is 2.34. The summed E-state index contributed by atoms with van der Waals surface area (Å²) < 4.78 is 0. The second-order valence-electron chi connectivity index (χ2n) is 5.47. The van der Waals surface area contributed by atoms with Crippen molar-refractivity contribution in [2.75, 3.05) is 23.8 Å². The molecule has 0 radical (unpaired) electrons. The van der Waals surface area contributed by atoms with Crippen LogP contribution < -0.4 is 10.2 Å². The van der Waals surface area contributed by atoms with Gasteiger partial charge in [0.25, 0.3) is 0 Å². The van der Waals surface area contributed by atoms with Gasteiger partial charge in [-0.25, -0.2) is 4.98 Å². The molecule has 4 nitrogen and oxygen atoms in total. The van der Waals surface area contributed by atoms with Crippen LogP contribution in [-0.2, 0) is 0 Å². The summed E-state index contributed by atoms with van der Waals surface area (Å²) in [5.41, 5.74) is 4.65. The van der Waals surface area contributed by atoms with Crippen LogP contribution >= 0.6 is 0 Å². The molecule has 0 bridgehead atoms. The molecular formula is C17H24N4. The van der Waals surface area contributed by atoms with Crippen LogP contribution in [0.5, 0.6) is 0 Å². The van der Waals surface area contributed by atoms with Crippen molar-refractivity contribution >= 4 is 17.5 Å². The summed E-state index contributed by atoms with van der Waals surface area (Å²) in [6.07, 6.45) is 1.06. The molecule has 0 atom stereocenters. The molecule has 0 aliphatic rings. The van der Waals surface area contributed by atoms with Crippen molar-refractivity contribution < 1.29 is 0 Å². The monoisotopic (exact) mass is 284 g/mol. The van der Waals surface area contributed by atoms with Crippen molar-refractivity contribution in [2.24, 2.45) is 0 Å². The number of rotatable bonds is 5. The predicted octanol–water partition coefficient (Wildman–Crippen LogP) is 3.99. The van der Waals surface area contributed by atoms with Crippen LogP contribution in [0.4, 0.5) is 17.5 Å². The molecule has 4 heteroatoms. The van der Waals surface area contributed by atoms with E-state index in [4.69, 9.17) is 0 Å². The predicted molar refractivity (Wildman–Crippen MR) is 89.5 cm³/mol. The zero-order valence-electron chi connectivity index (χ0n) is 13.6. The Bertz CT molecular complexity index is 622. The number of aryl methyl sites for hydroxylation is 3. The van der Waals surface area contributed by atoms with Crippen LogP contribution in [0.25, 0.3) is 0 Å². The lowest BCUT2D eigenvalue weighted by Crippen LogP contribution is -2.15. The van der Waals surface area contributed by atoms with Gasteiger partial charge in [0.1, 0.15) is 5.82 Å². The van der Waals surface area contributed by atoms with Crippen molar-refractivity contribution in [3.05, 3.63) is 41.1 Å². The zero-order chi connectivity index (χ0) is 15.4. The molecule has 2 rings (SSSR count). The SMILES string of the molecule is CCCNc1nc(C)cc(N(C)c2ccc(C)cc2C)n1. The van der Waals surface area contributed by atoms with Gasteiger partial charge in [-0.05, 0) is 38.8 Å². The van der Waals surface area contributed by atoms with Crippen molar-refractivity contribution in [3.63, 3.8) is 0 Å². The highest BCUT2D eigenvalue weighted by molar-refractivity contribution is 5.64. The minimum Gasteiger partial charge on any atom is -0.354 e. The molecule has 0 spiro atoms. The molecule has 0 saturated carbocycles. The highest BCUT2D eigenvalue weighted by atomic mass is 15.2. The van der Waals surface area contributed by atoms with E-state index in [-0.39, 0.29) is 0 Å². The molecule has 112 valence electrons. The molecular weight excluding hydrogens is 260 g/mol. The van der Waals surface area contributed by atoms with E-state index in [0.29, 0.717) is 5.95 Å². The second-order valence-corrected chi connectivity index (χ2v) is 5.47. The summed E-state index contributed by atoms with van der Waals surface area (Å²) in [5.74, 6) is 1.61. The Hall–Kier alpha value is -2.10. The average Bonchev–Trinajstić information content (AvgIpc) is 2.44. The molecule has 1 heterocycles. The second kappa shape index (κ2) is 6.57. The van der Waals surface area contributed by atoms with Crippen molar-refractivity contribution in [2.45, 2.75) is 34.1 Å². The van der Waals surface area contributed by atoms with E-state index in [1.807, 2.05) is 20.0 Å². The van der Waals surface area contributed by atoms with Crippen LogP contribution in [0.15, 0.2) is 24.3 Å². The van der Waals surface area contributed by atoms with Crippen LogP contribution in [0.1, 0.15) is 30.2 Å². The lowest BCUT2D eigenvalue weighted by molar-refractivity contribution is 0.940. The first kappa shape index (κ1) is 15.3. The van der Waals surface area contributed by atoms with Gasteiger partial charge < -0.3 is 10.2 Å². The van der Waals surface area contributed by atoms with Crippen LogP contribution in [0.3, 0.4) is 0 Å². The maximum atomic E-state index is 4.61. The first-order valence-electron chi connectivity index (χ1n) is 7.41. The Morgan fingerprint density at radius 3 is 2.52 bits per heavy atom.